The molecule has 0 aliphatic heterocycles. The van der Waals surface area contributed by atoms with Gasteiger partial charge < -0.3 is 19.5 Å². The van der Waals surface area contributed by atoms with E-state index in [1.807, 2.05) is 0 Å². The van der Waals surface area contributed by atoms with Crippen LogP contribution in [-0.4, -0.2) is 40.1 Å². The van der Waals surface area contributed by atoms with Gasteiger partial charge in [0.25, 0.3) is 0 Å². The number of alkyl halides is 3. The van der Waals surface area contributed by atoms with E-state index in [2.05, 4.69) is 5.32 Å². The molecule has 0 saturated carbocycles. The van der Waals surface area contributed by atoms with Crippen molar-refractivity contribution in [3.63, 3.8) is 0 Å². The van der Waals surface area contributed by atoms with Crippen LogP contribution >= 0.6 is 0 Å². The highest BCUT2D eigenvalue weighted by Gasteiger charge is 2.25. The Bertz CT molecular complexity index is 374. The fraction of sp³-hybridized carbons (Fsp3) is 0.500. The van der Waals surface area contributed by atoms with Gasteiger partial charge in [-0.15, -0.1) is 0 Å². The Morgan fingerprint density at radius 1 is 1.00 bits per heavy atom. The molecule has 0 amide bonds. The van der Waals surface area contributed by atoms with Crippen molar-refractivity contribution >= 4 is 0 Å². The standard InChI is InChI=1S/C12H16F3NO3/c1-17-9-5-10(18-2)7-11(6-9)19-4-3-16-8-12(13,14)15/h5-7,16H,3-4,8H2,1-2H3. The van der Waals surface area contributed by atoms with Gasteiger partial charge in [-0.2, -0.15) is 13.2 Å². The lowest BCUT2D eigenvalue weighted by Gasteiger charge is -2.11. The van der Waals surface area contributed by atoms with Crippen LogP contribution in [0.2, 0.25) is 0 Å². The molecule has 7 heteroatoms. The fourth-order valence-electron chi connectivity index (χ4n) is 1.34. The van der Waals surface area contributed by atoms with E-state index >= 15 is 0 Å². The summed E-state index contributed by atoms with van der Waals surface area (Å²) < 4.78 is 51.0. The van der Waals surface area contributed by atoms with Gasteiger partial charge in [-0.25, -0.2) is 0 Å². The molecule has 0 aliphatic rings. The zero-order chi connectivity index (χ0) is 14.3. The quantitative estimate of drug-likeness (QED) is 0.777. The molecule has 1 N–H and O–H groups in total. The largest absolute Gasteiger partial charge is 0.496 e. The first-order chi connectivity index (χ1) is 8.94. The number of ether oxygens (including phenoxy) is 3. The second kappa shape index (κ2) is 7.08. The summed E-state index contributed by atoms with van der Waals surface area (Å²) in [5, 5.41) is 2.24. The van der Waals surface area contributed by atoms with Crippen molar-refractivity contribution in [3.05, 3.63) is 18.2 Å². The van der Waals surface area contributed by atoms with Crippen LogP contribution in [0.3, 0.4) is 0 Å². The normalized spacial score (nSPS) is 11.2. The van der Waals surface area contributed by atoms with Crippen LogP contribution in [0.4, 0.5) is 13.2 Å². The molecular weight excluding hydrogens is 263 g/mol. The van der Waals surface area contributed by atoms with E-state index < -0.39 is 12.7 Å². The van der Waals surface area contributed by atoms with Gasteiger partial charge in [0, 0.05) is 24.7 Å². The molecule has 0 unspecified atom stereocenters. The monoisotopic (exact) mass is 279 g/mol. The summed E-state index contributed by atoms with van der Waals surface area (Å²) >= 11 is 0. The van der Waals surface area contributed by atoms with Gasteiger partial charge in [-0.3, -0.25) is 0 Å². The van der Waals surface area contributed by atoms with Crippen molar-refractivity contribution in [1.82, 2.24) is 5.32 Å². The minimum Gasteiger partial charge on any atom is -0.496 e. The molecule has 0 bridgehead atoms. The molecule has 0 radical (unpaired) electrons. The first-order valence-corrected chi connectivity index (χ1v) is 5.58. The zero-order valence-corrected chi connectivity index (χ0v) is 10.7. The highest BCUT2D eigenvalue weighted by molar-refractivity contribution is 5.41. The van der Waals surface area contributed by atoms with Crippen LogP contribution in [0.15, 0.2) is 18.2 Å². The third-order valence-corrected chi connectivity index (χ3v) is 2.20. The van der Waals surface area contributed by atoms with Gasteiger partial charge in [0.2, 0.25) is 0 Å². The Kier molecular flexibility index (Phi) is 5.75. The van der Waals surface area contributed by atoms with Gasteiger partial charge in [0.1, 0.15) is 23.9 Å². The zero-order valence-electron chi connectivity index (χ0n) is 10.7. The van der Waals surface area contributed by atoms with Crippen molar-refractivity contribution < 1.29 is 27.4 Å². The molecule has 4 nitrogen and oxygen atoms in total. The second-order valence-electron chi connectivity index (χ2n) is 3.69. The van der Waals surface area contributed by atoms with Gasteiger partial charge in [0.05, 0.1) is 20.8 Å². The smallest absolute Gasteiger partial charge is 0.401 e. The molecule has 1 aromatic rings. The number of hydrogen-bond donors (Lipinski definition) is 1. The summed E-state index contributed by atoms with van der Waals surface area (Å²) in [6, 6.07) is 4.94. The molecule has 0 saturated heterocycles. The summed E-state index contributed by atoms with van der Waals surface area (Å²) in [5.41, 5.74) is 0. The lowest BCUT2D eigenvalue weighted by molar-refractivity contribution is -0.124. The molecule has 108 valence electrons. The Morgan fingerprint density at radius 2 is 1.53 bits per heavy atom. The van der Waals surface area contributed by atoms with Crippen LogP contribution in [-0.2, 0) is 0 Å². The maximum absolute atomic E-state index is 11.9. The first kappa shape index (κ1) is 15.4. The van der Waals surface area contributed by atoms with Gasteiger partial charge in [0.15, 0.2) is 0 Å². The van der Waals surface area contributed by atoms with E-state index in [4.69, 9.17) is 14.2 Å². The fourth-order valence-corrected chi connectivity index (χ4v) is 1.34. The summed E-state index contributed by atoms with van der Waals surface area (Å²) in [6.07, 6.45) is -4.21. The van der Waals surface area contributed by atoms with Crippen molar-refractivity contribution in [2.45, 2.75) is 6.18 Å². The number of halogens is 3. The molecule has 19 heavy (non-hydrogen) atoms. The minimum atomic E-state index is -4.21. The lowest BCUT2D eigenvalue weighted by atomic mass is 10.3. The van der Waals surface area contributed by atoms with E-state index in [1.165, 1.54) is 14.2 Å². The highest BCUT2D eigenvalue weighted by Crippen LogP contribution is 2.27. The third kappa shape index (κ3) is 6.19. The molecule has 0 fully saturated rings. The van der Waals surface area contributed by atoms with Crippen molar-refractivity contribution in [3.8, 4) is 17.2 Å². The molecule has 0 aromatic heterocycles. The van der Waals surface area contributed by atoms with Gasteiger partial charge in [-0.05, 0) is 0 Å². The SMILES string of the molecule is COc1cc(OC)cc(OCCNCC(F)(F)F)c1. The van der Waals surface area contributed by atoms with Crippen molar-refractivity contribution in [2.24, 2.45) is 0 Å². The Balaban J connectivity index is 2.40. The van der Waals surface area contributed by atoms with E-state index in [0.29, 0.717) is 17.2 Å². The van der Waals surface area contributed by atoms with Crippen molar-refractivity contribution in [1.29, 1.82) is 0 Å². The van der Waals surface area contributed by atoms with Crippen LogP contribution in [0.1, 0.15) is 0 Å². The minimum absolute atomic E-state index is 0.0963. The number of nitrogens with one attached hydrogen (secondary N) is 1. The van der Waals surface area contributed by atoms with E-state index in [-0.39, 0.29) is 13.2 Å². The highest BCUT2D eigenvalue weighted by atomic mass is 19.4. The summed E-state index contributed by atoms with van der Waals surface area (Å²) in [6.45, 7) is -0.816. The molecule has 0 atom stereocenters. The molecular formula is C12H16F3NO3. The van der Waals surface area contributed by atoms with Crippen LogP contribution in [0.5, 0.6) is 17.2 Å². The molecule has 0 heterocycles. The Hall–Kier alpha value is -1.63. The number of rotatable bonds is 7. The number of methoxy groups -OCH3 is 2. The van der Waals surface area contributed by atoms with E-state index in [9.17, 15) is 13.2 Å². The van der Waals surface area contributed by atoms with E-state index in [1.54, 1.807) is 18.2 Å². The molecule has 1 rings (SSSR count). The van der Waals surface area contributed by atoms with Crippen LogP contribution in [0, 0.1) is 0 Å². The number of hydrogen-bond acceptors (Lipinski definition) is 4. The number of benzene rings is 1. The lowest BCUT2D eigenvalue weighted by Crippen LogP contribution is -2.31. The maximum atomic E-state index is 11.9. The Labute approximate surface area is 109 Å². The van der Waals surface area contributed by atoms with Crippen LogP contribution < -0.4 is 19.5 Å². The summed E-state index contributed by atoms with van der Waals surface area (Å²) in [5.74, 6) is 1.58. The second-order valence-corrected chi connectivity index (χ2v) is 3.69. The maximum Gasteiger partial charge on any atom is 0.401 e. The van der Waals surface area contributed by atoms with Gasteiger partial charge in [-0.1, -0.05) is 0 Å². The first-order valence-electron chi connectivity index (χ1n) is 5.58. The van der Waals surface area contributed by atoms with Crippen molar-refractivity contribution in [2.75, 3.05) is 33.9 Å². The average Bonchev–Trinajstić information content (AvgIpc) is 2.36. The van der Waals surface area contributed by atoms with E-state index in [0.717, 1.165) is 0 Å². The molecule has 0 aliphatic carbocycles. The summed E-state index contributed by atoms with van der Waals surface area (Å²) in [4.78, 5) is 0. The predicted molar refractivity (Wildman–Crippen MR) is 64.0 cm³/mol. The Morgan fingerprint density at radius 3 is 2.00 bits per heavy atom. The molecule has 0 spiro atoms. The third-order valence-electron chi connectivity index (χ3n) is 2.20. The predicted octanol–water partition coefficient (Wildman–Crippen LogP) is 2.23. The average molecular weight is 279 g/mol. The van der Waals surface area contributed by atoms with Crippen LogP contribution in [0.25, 0.3) is 0 Å². The summed E-state index contributed by atoms with van der Waals surface area (Å²) in [7, 11) is 3.01. The van der Waals surface area contributed by atoms with Gasteiger partial charge >= 0.3 is 6.18 Å². The molecule has 1 aromatic carbocycles. The topological polar surface area (TPSA) is 39.7 Å².